The Morgan fingerprint density at radius 3 is 2.00 bits per heavy atom. The maximum absolute atomic E-state index is 2.98. The number of hydrogen-bond acceptors (Lipinski definition) is 1. The van der Waals surface area contributed by atoms with Gasteiger partial charge in [0.1, 0.15) is 0 Å². The van der Waals surface area contributed by atoms with Gasteiger partial charge in [-0.05, 0) is 0 Å². The van der Waals surface area contributed by atoms with E-state index in [0.29, 0.717) is 6.04 Å². The molecular formula is C5H12NSe. The summed E-state index contributed by atoms with van der Waals surface area (Å²) < 4.78 is 0. The summed E-state index contributed by atoms with van der Waals surface area (Å²) in [4.78, 5) is 2.19. The van der Waals surface area contributed by atoms with Crippen LogP contribution in [0, 0.1) is 0 Å². The zero-order valence-corrected chi connectivity index (χ0v) is 6.85. The van der Waals surface area contributed by atoms with Gasteiger partial charge in [-0.15, -0.1) is 0 Å². The van der Waals surface area contributed by atoms with Crippen LogP contribution < -0.4 is 0 Å². The van der Waals surface area contributed by atoms with Gasteiger partial charge in [-0.3, -0.25) is 0 Å². The fourth-order valence-corrected chi connectivity index (χ4v) is 0.775. The maximum atomic E-state index is 2.98. The summed E-state index contributed by atoms with van der Waals surface area (Å²) in [5, 5.41) is 1.12. The van der Waals surface area contributed by atoms with E-state index in [4.69, 9.17) is 0 Å². The number of rotatable bonds is 2. The van der Waals surface area contributed by atoms with Gasteiger partial charge >= 0.3 is 53.3 Å². The fraction of sp³-hybridized carbons (Fsp3) is 1.00. The molecule has 0 aliphatic carbocycles. The van der Waals surface area contributed by atoms with E-state index in [-0.39, 0.29) is 0 Å². The third kappa shape index (κ3) is 3.10. The molecule has 0 bridgehead atoms. The zero-order valence-electron chi connectivity index (χ0n) is 5.14. The second kappa shape index (κ2) is 3.48. The third-order valence-corrected chi connectivity index (χ3v) is 2.13. The minimum absolute atomic E-state index is 0.681. The van der Waals surface area contributed by atoms with Crippen molar-refractivity contribution in [2.75, 3.05) is 14.1 Å². The van der Waals surface area contributed by atoms with Crippen LogP contribution in [0.15, 0.2) is 0 Å². The van der Waals surface area contributed by atoms with Crippen molar-refractivity contribution in [3.63, 3.8) is 0 Å². The minimum atomic E-state index is 0.681. The summed E-state index contributed by atoms with van der Waals surface area (Å²) in [6.45, 7) is 2.19. The van der Waals surface area contributed by atoms with Crippen LogP contribution in [0.3, 0.4) is 0 Å². The molecule has 7 heavy (non-hydrogen) atoms. The molecular weight excluding hydrogens is 153 g/mol. The third-order valence-electron chi connectivity index (χ3n) is 1.12. The summed E-state index contributed by atoms with van der Waals surface area (Å²) in [6, 6.07) is 0.681. The van der Waals surface area contributed by atoms with Gasteiger partial charge in [0.15, 0.2) is 0 Å². The predicted octanol–water partition coefficient (Wildman–Crippen LogP) is 0.523. The second-order valence-electron chi connectivity index (χ2n) is 1.98. The van der Waals surface area contributed by atoms with E-state index >= 15 is 0 Å². The van der Waals surface area contributed by atoms with E-state index in [1.165, 1.54) is 0 Å². The van der Waals surface area contributed by atoms with Crippen LogP contribution >= 0.6 is 0 Å². The molecule has 1 atom stereocenters. The van der Waals surface area contributed by atoms with E-state index < -0.39 is 0 Å². The van der Waals surface area contributed by atoms with E-state index in [1.54, 1.807) is 0 Å². The van der Waals surface area contributed by atoms with Crippen LogP contribution in [0.25, 0.3) is 0 Å². The SMILES string of the molecule is C[C@@H](C[Se])N(C)C. The summed E-state index contributed by atoms with van der Waals surface area (Å²) in [5.74, 6) is 0. The standard InChI is InChI=1S/C5H12NSe/c1-5(4-7)6(2)3/h5H,4H2,1-3H3/t5-/m0/s1. The average Bonchev–Trinajstić information content (AvgIpc) is 1.65. The van der Waals surface area contributed by atoms with Crippen molar-refractivity contribution in [1.82, 2.24) is 4.90 Å². The van der Waals surface area contributed by atoms with Crippen molar-refractivity contribution in [3.8, 4) is 0 Å². The Bertz CT molecular complexity index is 45.3. The first-order valence-electron chi connectivity index (χ1n) is 2.43. The molecule has 0 aliphatic heterocycles. The Hall–Kier alpha value is 0.479. The first kappa shape index (κ1) is 7.48. The molecule has 0 heterocycles. The molecule has 0 aromatic heterocycles. The monoisotopic (exact) mass is 166 g/mol. The molecule has 0 unspecified atom stereocenters. The van der Waals surface area contributed by atoms with Crippen molar-refractivity contribution in [3.05, 3.63) is 0 Å². The molecule has 43 valence electrons. The molecule has 0 saturated heterocycles. The number of nitrogens with zero attached hydrogens (tertiary/aromatic N) is 1. The zero-order chi connectivity index (χ0) is 5.86. The van der Waals surface area contributed by atoms with Crippen LogP contribution in [0.4, 0.5) is 0 Å². The molecule has 2 heteroatoms. The topological polar surface area (TPSA) is 3.24 Å². The molecule has 0 rings (SSSR count). The van der Waals surface area contributed by atoms with Crippen molar-refractivity contribution < 1.29 is 0 Å². The van der Waals surface area contributed by atoms with Gasteiger partial charge in [0.25, 0.3) is 0 Å². The molecule has 0 aromatic rings. The van der Waals surface area contributed by atoms with Crippen LogP contribution in [0.5, 0.6) is 0 Å². The first-order chi connectivity index (χ1) is 3.18. The first-order valence-corrected chi connectivity index (χ1v) is 3.64. The van der Waals surface area contributed by atoms with Crippen LogP contribution in [-0.2, 0) is 0 Å². The van der Waals surface area contributed by atoms with Crippen molar-refractivity contribution >= 4 is 16.0 Å². The van der Waals surface area contributed by atoms with E-state index in [2.05, 4.69) is 41.9 Å². The van der Waals surface area contributed by atoms with Crippen LogP contribution in [0.2, 0.25) is 5.32 Å². The molecule has 0 aromatic carbocycles. The summed E-state index contributed by atoms with van der Waals surface area (Å²) in [6.07, 6.45) is 0. The van der Waals surface area contributed by atoms with Crippen molar-refractivity contribution in [2.45, 2.75) is 18.3 Å². The summed E-state index contributed by atoms with van der Waals surface area (Å²) in [7, 11) is 4.17. The van der Waals surface area contributed by atoms with Gasteiger partial charge in [0.2, 0.25) is 0 Å². The number of hydrogen-bond donors (Lipinski definition) is 0. The average molecular weight is 165 g/mol. The quantitative estimate of drug-likeness (QED) is 0.539. The Kier molecular flexibility index (Phi) is 3.72. The van der Waals surface area contributed by atoms with Crippen LogP contribution in [0.1, 0.15) is 6.92 Å². The van der Waals surface area contributed by atoms with E-state index in [9.17, 15) is 0 Å². The molecule has 0 spiro atoms. The predicted molar refractivity (Wildman–Crippen MR) is 33.7 cm³/mol. The Labute approximate surface area is 53.9 Å². The van der Waals surface area contributed by atoms with E-state index in [1.807, 2.05) is 0 Å². The molecule has 1 radical (unpaired) electrons. The van der Waals surface area contributed by atoms with Crippen LogP contribution in [-0.4, -0.2) is 41.0 Å². The van der Waals surface area contributed by atoms with Gasteiger partial charge in [0, 0.05) is 0 Å². The van der Waals surface area contributed by atoms with Gasteiger partial charge in [0.05, 0.1) is 0 Å². The summed E-state index contributed by atoms with van der Waals surface area (Å²) in [5.41, 5.74) is 0. The second-order valence-corrected chi connectivity index (χ2v) is 2.68. The van der Waals surface area contributed by atoms with Gasteiger partial charge < -0.3 is 0 Å². The van der Waals surface area contributed by atoms with Gasteiger partial charge in [-0.25, -0.2) is 0 Å². The van der Waals surface area contributed by atoms with Gasteiger partial charge in [-0.1, -0.05) is 0 Å². The normalized spacial score (nSPS) is 15.0. The van der Waals surface area contributed by atoms with Crippen molar-refractivity contribution in [2.24, 2.45) is 0 Å². The van der Waals surface area contributed by atoms with E-state index in [0.717, 1.165) is 5.32 Å². The Balaban J connectivity index is 3.14. The molecule has 0 fully saturated rings. The van der Waals surface area contributed by atoms with Crippen molar-refractivity contribution in [1.29, 1.82) is 0 Å². The Morgan fingerprint density at radius 2 is 2.00 bits per heavy atom. The molecule has 0 amide bonds. The molecule has 1 nitrogen and oxygen atoms in total. The summed E-state index contributed by atoms with van der Waals surface area (Å²) >= 11 is 2.98. The molecule has 0 N–H and O–H groups in total. The Morgan fingerprint density at radius 1 is 1.57 bits per heavy atom. The molecule has 0 aliphatic rings. The fourth-order valence-electron chi connectivity index (χ4n) is 0.149. The molecule has 0 saturated carbocycles. The van der Waals surface area contributed by atoms with Gasteiger partial charge in [-0.2, -0.15) is 0 Å².